The van der Waals surface area contributed by atoms with E-state index in [1.54, 1.807) is 59.5 Å². The lowest BCUT2D eigenvalue weighted by Crippen LogP contribution is -2.15. The van der Waals surface area contributed by atoms with E-state index in [2.05, 4.69) is 25.3 Å². The van der Waals surface area contributed by atoms with E-state index in [-0.39, 0.29) is 5.95 Å². The van der Waals surface area contributed by atoms with E-state index in [4.69, 9.17) is 23.2 Å². The fourth-order valence-corrected chi connectivity index (χ4v) is 3.11. The summed E-state index contributed by atoms with van der Waals surface area (Å²) < 4.78 is 1.68. The van der Waals surface area contributed by atoms with Gasteiger partial charge in [-0.05, 0) is 30.3 Å². The second-order valence-corrected chi connectivity index (χ2v) is 6.22. The summed E-state index contributed by atoms with van der Waals surface area (Å²) in [5, 5.41) is 14.6. The molecule has 0 spiro atoms. The van der Waals surface area contributed by atoms with Crippen LogP contribution >= 0.6 is 23.2 Å². The van der Waals surface area contributed by atoms with Crippen LogP contribution in [0.4, 0.5) is 5.95 Å². The summed E-state index contributed by atoms with van der Waals surface area (Å²) in [7, 11) is 0. The van der Waals surface area contributed by atoms with Crippen LogP contribution in [0.2, 0.25) is 10.0 Å². The van der Waals surface area contributed by atoms with Crippen molar-refractivity contribution in [2.75, 3.05) is 5.32 Å². The molecule has 1 atom stereocenters. The van der Waals surface area contributed by atoms with E-state index < -0.39 is 6.23 Å². The SMILES string of the molecule is OC(Nc1ncccn1)c1c(-c2ccc(Cl)cc2Cl)nc2ncccn12. The third kappa shape index (κ3) is 3.08. The molecule has 0 aliphatic carbocycles. The van der Waals surface area contributed by atoms with Crippen LogP contribution < -0.4 is 5.32 Å². The molecule has 0 saturated carbocycles. The third-order valence-electron chi connectivity index (χ3n) is 3.72. The van der Waals surface area contributed by atoms with Crippen molar-refractivity contribution in [3.63, 3.8) is 0 Å². The molecule has 0 amide bonds. The summed E-state index contributed by atoms with van der Waals surface area (Å²) in [6, 6.07) is 8.53. The first-order valence-corrected chi connectivity index (χ1v) is 8.39. The lowest BCUT2D eigenvalue weighted by Gasteiger charge is -2.14. The lowest BCUT2D eigenvalue weighted by molar-refractivity contribution is 0.201. The number of benzene rings is 1. The van der Waals surface area contributed by atoms with Crippen molar-refractivity contribution in [3.05, 3.63) is 70.9 Å². The van der Waals surface area contributed by atoms with E-state index in [0.717, 1.165) is 0 Å². The van der Waals surface area contributed by atoms with Crippen LogP contribution in [0.25, 0.3) is 17.0 Å². The smallest absolute Gasteiger partial charge is 0.234 e. The maximum Gasteiger partial charge on any atom is 0.234 e. The number of halogens is 2. The molecule has 4 aromatic rings. The van der Waals surface area contributed by atoms with Gasteiger partial charge in [-0.1, -0.05) is 23.2 Å². The van der Waals surface area contributed by atoms with Crippen LogP contribution in [-0.2, 0) is 0 Å². The molecule has 0 bridgehead atoms. The van der Waals surface area contributed by atoms with Gasteiger partial charge in [0.05, 0.1) is 5.02 Å². The van der Waals surface area contributed by atoms with Gasteiger partial charge in [0, 0.05) is 35.4 Å². The van der Waals surface area contributed by atoms with Gasteiger partial charge >= 0.3 is 0 Å². The molecule has 1 unspecified atom stereocenters. The Balaban J connectivity index is 1.86. The number of fused-ring (bicyclic) bond motifs is 1. The molecule has 3 aromatic heterocycles. The summed E-state index contributed by atoms with van der Waals surface area (Å²) in [5.41, 5.74) is 1.58. The Bertz CT molecular complexity index is 1070. The van der Waals surface area contributed by atoms with Crippen LogP contribution in [-0.4, -0.2) is 29.4 Å². The largest absolute Gasteiger partial charge is 0.368 e. The van der Waals surface area contributed by atoms with Gasteiger partial charge < -0.3 is 10.4 Å². The summed E-state index contributed by atoms with van der Waals surface area (Å²) >= 11 is 12.3. The molecule has 9 heteroatoms. The van der Waals surface area contributed by atoms with Crippen molar-refractivity contribution >= 4 is 34.9 Å². The maximum absolute atomic E-state index is 10.8. The second kappa shape index (κ2) is 6.87. The topological polar surface area (TPSA) is 88.2 Å². The molecule has 130 valence electrons. The van der Waals surface area contributed by atoms with Gasteiger partial charge in [-0.3, -0.25) is 4.40 Å². The molecular weight excluding hydrogens is 375 g/mol. The number of imidazole rings is 1. The van der Waals surface area contributed by atoms with E-state index in [1.165, 1.54) is 0 Å². The number of hydrogen-bond donors (Lipinski definition) is 2. The monoisotopic (exact) mass is 386 g/mol. The van der Waals surface area contributed by atoms with Gasteiger partial charge in [0.25, 0.3) is 0 Å². The van der Waals surface area contributed by atoms with Crippen molar-refractivity contribution < 1.29 is 5.11 Å². The Morgan fingerprint density at radius 1 is 1.04 bits per heavy atom. The molecule has 0 saturated heterocycles. The highest BCUT2D eigenvalue weighted by molar-refractivity contribution is 6.36. The van der Waals surface area contributed by atoms with Gasteiger partial charge in [0.2, 0.25) is 11.7 Å². The average Bonchev–Trinajstić information content (AvgIpc) is 3.01. The number of nitrogens with one attached hydrogen (secondary N) is 1. The molecular formula is C17H12Cl2N6O. The molecule has 3 heterocycles. The van der Waals surface area contributed by atoms with Gasteiger partial charge in [0.1, 0.15) is 11.4 Å². The molecule has 0 fully saturated rings. The molecule has 0 aliphatic rings. The zero-order valence-electron chi connectivity index (χ0n) is 13.2. The van der Waals surface area contributed by atoms with Crippen LogP contribution in [0.15, 0.2) is 55.1 Å². The molecule has 4 rings (SSSR count). The van der Waals surface area contributed by atoms with Crippen molar-refractivity contribution in [2.24, 2.45) is 0 Å². The average molecular weight is 387 g/mol. The van der Waals surface area contributed by atoms with Crippen LogP contribution in [0.1, 0.15) is 11.9 Å². The summed E-state index contributed by atoms with van der Waals surface area (Å²) in [6.45, 7) is 0. The quantitative estimate of drug-likeness (QED) is 0.521. The maximum atomic E-state index is 10.8. The predicted molar refractivity (Wildman–Crippen MR) is 99.1 cm³/mol. The Labute approximate surface area is 158 Å². The van der Waals surface area contributed by atoms with Gasteiger partial charge in [0.15, 0.2) is 6.23 Å². The minimum Gasteiger partial charge on any atom is -0.368 e. The number of nitrogens with zero attached hydrogens (tertiary/aromatic N) is 5. The van der Waals surface area contributed by atoms with Crippen LogP contribution in [0.5, 0.6) is 0 Å². The van der Waals surface area contributed by atoms with Crippen LogP contribution in [0.3, 0.4) is 0 Å². The number of aromatic nitrogens is 5. The number of aliphatic hydroxyl groups is 1. The lowest BCUT2D eigenvalue weighted by atomic mass is 10.1. The van der Waals surface area contributed by atoms with Gasteiger partial charge in [-0.25, -0.2) is 19.9 Å². The highest BCUT2D eigenvalue weighted by atomic mass is 35.5. The van der Waals surface area contributed by atoms with E-state index >= 15 is 0 Å². The van der Waals surface area contributed by atoms with Crippen molar-refractivity contribution in [2.45, 2.75) is 6.23 Å². The van der Waals surface area contributed by atoms with E-state index in [9.17, 15) is 5.11 Å². The Hall–Kier alpha value is -2.74. The number of hydrogen-bond acceptors (Lipinski definition) is 6. The summed E-state index contributed by atoms with van der Waals surface area (Å²) in [5.74, 6) is 0.713. The molecule has 0 aliphatic heterocycles. The molecule has 26 heavy (non-hydrogen) atoms. The second-order valence-electron chi connectivity index (χ2n) is 5.38. The molecule has 2 N–H and O–H groups in total. The zero-order valence-corrected chi connectivity index (χ0v) is 14.7. The minimum atomic E-state index is -1.14. The van der Waals surface area contributed by atoms with E-state index in [1.807, 2.05) is 0 Å². The summed E-state index contributed by atoms with van der Waals surface area (Å²) in [4.78, 5) is 16.9. The number of rotatable bonds is 4. The first-order chi connectivity index (χ1) is 12.6. The standard InChI is InChI=1S/C17H12Cl2N6O/c18-10-3-4-11(12(19)9-10)13-14(25-8-2-7-22-17(25)23-13)15(26)24-16-20-5-1-6-21-16/h1-9,15,26H,(H,20,21,24). The molecule has 7 nitrogen and oxygen atoms in total. The highest BCUT2D eigenvalue weighted by Gasteiger charge is 2.23. The minimum absolute atomic E-state index is 0.284. The first kappa shape index (κ1) is 16.7. The fraction of sp³-hybridized carbons (Fsp3) is 0.0588. The van der Waals surface area contributed by atoms with E-state index in [0.29, 0.717) is 32.8 Å². The molecule has 0 radical (unpaired) electrons. The first-order valence-electron chi connectivity index (χ1n) is 7.63. The fourth-order valence-electron chi connectivity index (χ4n) is 2.61. The predicted octanol–water partition coefficient (Wildman–Crippen LogP) is 3.60. The van der Waals surface area contributed by atoms with Gasteiger partial charge in [-0.2, -0.15) is 0 Å². The zero-order chi connectivity index (χ0) is 18.1. The summed E-state index contributed by atoms with van der Waals surface area (Å²) in [6.07, 6.45) is 5.40. The molecule has 1 aromatic carbocycles. The van der Waals surface area contributed by atoms with Crippen molar-refractivity contribution in [1.82, 2.24) is 24.3 Å². The van der Waals surface area contributed by atoms with Crippen molar-refractivity contribution in [1.29, 1.82) is 0 Å². The normalized spacial score (nSPS) is 12.3. The Morgan fingerprint density at radius 3 is 2.58 bits per heavy atom. The Kier molecular flexibility index (Phi) is 4.42. The van der Waals surface area contributed by atoms with Gasteiger partial charge in [-0.15, -0.1) is 0 Å². The Morgan fingerprint density at radius 2 is 1.81 bits per heavy atom. The number of aliphatic hydroxyl groups excluding tert-OH is 1. The van der Waals surface area contributed by atoms with Crippen molar-refractivity contribution in [3.8, 4) is 11.3 Å². The highest BCUT2D eigenvalue weighted by Crippen LogP contribution is 2.34. The number of anilines is 1. The third-order valence-corrected chi connectivity index (χ3v) is 4.27. The van der Waals surface area contributed by atoms with Crippen LogP contribution in [0, 0.1) is 0 Å².